The average molecular weight is 219 g/mol. The predicted molar refractivity (Wildman–Crippen MR) is 54.4 cm³/mol. The van der Waals surface area contributed by atoms with Crippen LogP contribution in [0.3, 0.4) is 0 Å². The molecule has 2 rings (SSSR count). The zero-order valence-corrected chi connectivity index (χ0v) is 9.22. The molecule has 2 unspecified atom stereocenters. The van der Waals surface area contributed by atoms with Crippen LogP contribution in [0.1, 0.15) is 19.8 Å². The second kappa shape index (κ2) is 4.34. The van der Waals surface area contributed by atoms with E-state index in [1.54, 1.807) is 0 Å². The maximum atomic E-state index is 13.0. The second-order valence-corrected chi connectivity index (χ2v) is 4.86. The fraction of sp³-hybridized carbons (Fsp3) is 1.00. The van der Waals surface area contributed by atoms with Gasteiger partial charge in [-0.2, -0.15) is 0 Å². The van der Waals surface area contributed by atoms with E-state index in [0.29, 0.717) is 0 Å². The summed E-state index contributed by atoms with van der Waals surface area (Å²) in [4.78, 5) is 1.90. The second-order valence-electron chi connectivity index (χ2n) is 4.86. The molecule has 0 aromatic heterocycles. The lowest BCUT2D eigenvalue weighted by Gasteiger charge is -2.22. The molecule has 0 amide bonds. The summed E-state index contributed by atoms with van der Waals surface area (Å²) in [5.74, 6) is 0. The van der Waals surface area contributed by atoms with E-state index in [1.165, 1.54) is 0 Å². The van der Waals surface area contributed by atoms with Gasteiger partial charge in [-0.05, 0) is 19.8 Å². The Kier molecular flexibility index (Phi) is 3.26. The summed E-state index contributed by atoms with van der Waals surface area (Å²) in [7, 11) is 0. The molecule has 0 bridgehead atoms. The van der Waals surface area contributed by atoms with Gasteiger partial charge < -0.3 is 4.74 Å². The van der Waals surface area contributed by atoms with Crippen molar-refractivity contribution in [2.24, 2.45) is 5.41 Å². The minimum Gasteiger partial charge on any atom is -0.381 e. The topological polar surface area (TPSA) is 12.5 Å². The molecule has 2 atom stereocenters. The highest BCUT2D eigenvalue weighted by atomic mass is 19.2. The van der Waals surface area contributed by atoms with Gasteiger partial charge in [0.2, 0.25) is 0 Å². The summed E-state index contributed by atoms with van der Waals surface area (Å²) >= 11 is 0. The van der Waals surface area contributed by atoms with Gasteiger partial charge in [-0.3, -0.25) is 4.90 Å². The molecule has 1 heterocycles. The van der Waals surface area contributed by atoms with Crippen molar-refractivity contribution in [2.45, 2.75) is 32.1 Å². The molecular formula is C11H19F2NO. The molecule has 2 aliphatic rings. The van der Waals surface area contributed by atoms with Gasteiger partial charge in [0.05, 0.1) is 6.61 Å². The van der Waals surface area contributed by atoms with E-state index in [9.17, 15) is 8.78 Å². The minimum absolute atomic E-state index is 0.208. The fourth-order valence-electron chi connectivity index (χ4n) is 2.24. The number of ether oxygens (including phenoxy) is 1. The molecule has 4 heteroatoms. The first-order valence-corrected chi connectivity index (χ1v) is 5.73. The molecule has 15 heavy (non-hydrogen) atoms. The van der Waals surface area contributed by atoms with Crippen LogP contribution in [0.25, 0.3) is 0 Å². The summed E-state index contributed by atoms with van der Waals surface area (Å²) in [6, 6.07) is 0. The van der Waals surface area contributed by atoms with E-state index < -0.39 is 12.3 Å². The number of rotatable bonds is 5. The van der Waals surface area contributed by atoms with Crippen LogP contribution in [0.15, 0.2) is 0 Å². The molecule has 2 nitrogen and oxygen atoms in total. The van der Waals surface area contributed by atoms with Crippen molar-refractivity contribution in [3.05, 3.63) is 0 Å². The molecule has 0 aromatic carbocycles. The Labute approximate surface area is 89.6 Å². The van der Waals surface area contributed by atoms with Gasteiger partial charge in [0.1, 0.15) is 12.3 Å². The average Bonchev–Trinajstić information content (AvgIpc) is 2.88. The maximum absolute atomic E-state index is 13.0. The summed E-state index contributed by atoms with van der Waals surface area (Å²) in [5, 5.41) is 0. The minimum atomic E-state index is -1.28. The van der Waals surface area contributed by atoms with Crippen LogP contribution in [0.2, 0.25) is 0 Å². The SMILES string of the molecule is CCOCC1(CN2CC(F)C(F)C2)CC1. The Morgan fingerprint density at radius 2 is 1.87 bits per heavy atom. The highest BCUT2D eigenvalue weighted by Gasteiger charge is 2.46. The van der Waals surface area contributed by atoms with Crippen molar-refractivity contribution in [3.63, 3.8) is 0 Å². The quantitative estimate of drug-likeness (QED) is 0.699. The smallest absolute Gasteiger partial charge is 0.145 e. The zero-order valence-electron chi connectivity index (χ0n) is 9.22. The van der Waals surface area contributed by atoms with Gasteiger partial charge in [-0.15, -0.1) is 0 Å². The van der Waals surface area contributed by atoms with Crippen molar-refractivity contribution >= 4 is 0 Å². The lowest BCUT2D eigenvalue weighted by molar-refractivity contribution is 0.0815. The Morgan fingerprint density at radius 1 is 1.27 bits per heavy atom. The molecule has 0 spiro atoms. The third-order valence-corrected chi connectivity index (χ3v) is 3.39. The van der Waals surface area contributed by atoms with Crippen LogP contribution in [-0.4, -0.2) is 50.1 Å². The first-order valence-electron chi connectivity index (χ1n) is 5.73. The van der Waals surface area contributed by atoms with Gasteiger partial charge in [0.25, 0.3) is 0 Å². The van der Waals surface area contributed by atoms with Crippen molar-refractivity contribution < 1.29 is 13.5 Å². The summed E-state index contributed by atoms with van der Waals surface area (Å²) in [5.41, 5.74) is 0.208. The molecule has 1 aliphatic carbocycles. The van der Waals surface area contributed by atoms with Crippen LogP contribution in [0.5, 0.6) is 0 Å². The zero-order chi connectivity index (χ0) is 10.9. The van der Waals surface area contributed by atoms with Crippen molar-refractivity contribution in [3.8, 4) is 0 Å². The van der Waals surface area contributed by atoms with E-state index in [1.807, 2.05) is 11.8 Å². The third kappa shape index (κ3) is 2.67. The molecular weight excluding hydrogens is 200 g/mol. The number of alkyl halides is 2. The number of halogens is 2. The summed E-state index contributed by atoms with van der Waals surface area (Å²) in [6.07, 6.45) is -0.296. The Bertz CT molecular complexity index is 211. The van der Waals surface area contributed by atoms with Gasteiger partial charge in [-0.25, -0.2) is 8.78 Å². The van der Waals surface area contributed by atoms with Gasteiger partial charge in [0, 0.05) is 31.7 Å². The molecule has 1 saturated heterocycles. The third-order valence-electron chi connectivity index (χ3n) is 3.39. The Balaban J connectivity index is 1.77. The molecule has 1 saturated carbocycles. The van der Waals surface area contributed by atoms with Crippen LogP contribution in [0, 0.1) is 5.41 Å². The standard InChI is InChI=1S/C11H19F2NO/c1-2-15-8-11(3-4-11)7-14-5-9(12)10(13)6-14/h9-10H,2-8H2,1H3. The van der Waals surface area contributed by atoms with Gasteiger partial charge in [-0.1, -0.05) is 0 Å². The van der Waals surface area contributed by atoms with E-state index in [-0.39, 0.29) is 18.5 Å². The first-order chi connectivity index (χ1) is 7.15. The first kappa shape index (κ1) is 11.3. The van der Waals surface area contributed by atoms with Gasteiger partial charge >= 0.3 is 0 Å². The number of hydrogen-bond donors (Lipinski definition) is 0. The van der Waals surface area contributed by atoms with Crippen LogP contribution < -0.4 is 0 Å². The molecule has 2 fully saturated rings. The number of hydrogen-bond acceptors (Lipinski definition) is 2. The van der Waals surface area contributed by atoms with E-state index in [4.69, 9.17) is 4.74 Å². The van der Waals surface area contributed by atoms with Crippen molar-refractivity contribution in [1.82, 2.24) is 4.90 Å². The molecule has 0 N–H and O–H groups in total. The predicted octanol–water partition coefficient (Wildman–Crippen LogP) is 1.79. The monoisotopic (exact) mass is 219 g/mol. The van der Waals surface area contributed by atoms with Crippen molar-refractivity contribution in [2.75, 3.05) is 32.8 Å². The molecule has 88 valence electrons. The lowest BCUT2D eigenvalue weighted by atomic mass is 10.1. The Hall–Kier alpha value is -0.220. The highest BCUT2D eigenvalue weighted by Crippen LogP contribution is 2.47. The van der Waals surface area contributed by atoms with Crippen molar-refractivity contribution in [1.29, 1.82) is 0 Å². The summed E-state index contributed by atoms with van der Waals surface area (Å²) < 4.78 is 31.3. The van der Waals surface area contributed by atoms with Gasteiger partial charge in [0.15, 0.2) is 0 Å². The fourth-order valence-corrected chi connectivity index (χ4v) is 2.24. The van der Waals surface area contributed by atoms with Crippen LogP contribution in [-0.2, 0) is 4.74 Å². The summed E-state index contributed by atoms with van der Waals surface area (Å²) in [6.45, 7) is 4.76. The number of likely N-dealkylation sites (tertiary alicyclic amines) is 1. The van der Waals surface area contributed by atoms with Crippen LogP contribution in [0.4, 0.5) is 8.78 Å². The van der Waals surface area contributed by atoms with Crippen LogP contribution >= 0.6 is 0 Å². The largest absolute Gasteiger partial charge is 0.381 e. The highest BCUT2D eigenvalue weighted by molar-refractivity contribution is 4.98. The normalized spacial score (nSPS) is 34.6. The maximum Gasteiger partial charge on any atom is 0.145 e. The Morgan fingerprint density at radius 3 is 2.33 bits per heavy atom. The molecule has 0 radical (unpaired) electrons. The van der Waals surface area contributed by atoms with E-state index >= 15 is 0 Å². The lowest BCUT2D eigenvalue weighted by Crippen LogP contribution is -2.31. The number of nitrogens with zero attached hydrogens (tertiary/aromatic N) is 1. The van der Waals surface area contributed by atoms with E-state index in [0.717, 1.165) is 32.6 Å². The van der Waals surface area contributed by atoms with E-state index in [2.05, 4.69) is 0 Å². The molecule has 1 aliphatic heterocycles. The molecule has 0 aromatic rings.